The van der Waals surface area contributed by atoms with Gasteiger partial charge in [0.15, 0.2) is 0 Å². The van der Waals surface area contributed by atoms with Crippen LogP contribution < -0.4 is 5.32 Å². The summed E-state index contributed by atoms with van der Waals surface area (Å²) in [4.78, 5) is 24.4. The van der Waals surface area contributed by atoms with Gasteiger partial charge in [-0.05, 0) is 28.5 Å². The molecule has 0 unspecified atom stereocenters. The maximum absolute atomic E-state index is 13.8. The Bertz CT molecular complexity index is 955. The van der Waals surface area contributed by atoms with Crippen LogP contribution >= 0.6 is 0 Å². The van der Waals surface area contributed by atoms with Gasteiger partial charge in [-0.3, -0.25) is 4.79 Å². The molecule has 0 bridgehead atoms. The van der Waals surface area contributed by atoms with Crippen LogP contribution in [0.4, 0.5) is 4.39 Å². The van der Waals surface area contributed by atoms with Crippen molar-refractivity contribution in [1.29, 1.82) is 0 Å². The fourth-order valence-electron chi connectivity index (χ4n) is 2.82. The van der Waals surface area contributed by atoms with Crippen molar-refractivity contribution in [3.05, 3.63) is 83.7 Å². The minimum Gasteiger partial charge on any atom is -0.467 e. The van der Waals surface area contributed by atoms with Crippen LogP contribution in [0.2, 0.25) is 0 Å². The Morgan fingerprint density at radius 1 is 1.00 bits per heavy atom. The van der Waals surface area contributed by atoms with Crippen LogP contribution in [0, 0.1) is 5.82 Å². The van der Waals surface area contributed by atoms with E-state index in [0.717, 1.165) is 16.3 Å². The summed E-state index contributed by atoms with van der Waals surface area (Å²) in [5.41, 5.74) is 0.757. The van der Waals surface area contributed by atoms with Crippen molar-refractivity contribution >= 4 is 22.6 Å². The van der Waals surface area contributed by atoms with Crippen molar-refractivity contribution in [2.45, 2.75) is 12.5 Å². The molecule has 0 fully saturated rings. The fraction of sp³-hybridized carbons (Fsp3) is 0.143. The molecule has 0 saturated heterocycles. The Morgan fingerprint density at radius 3 is 2.42 bits per heavy atom. The predicted molar refractivity (Wildman–Crippen MR) is 97.3 cm³/mol. The fourth-order valence-corrected chi connectivity index (χ4v) is 2.82. The Kier molecular flexibility index (Phi) is 5.27. The molecule has 132 valence electrons. The summed E-state index contributed by atoms with van der Waals surface area (Å²) in [6, 6.07) is 18.4. The summed E-state index contributed by atoms with van der Waals surface area (Å²) in [6.45, 7) is 0. The third-order valence-corrected chi connectivity index (χ3v) is 4.16. The molecule has 0 aliphatic rings. The molecule has 3 rings (SSSR count). The van der Waals surface area contributed by atoms with Gasteiger partial charge < -0.3 is 10.1 Å². The maximum atomic E-state index is 13.8. The molecule has 3 aromatic rings. The van der Waals surface area contributed by atoms with E-state index in [1.54, 1.807) is 6.07 Å². The molecule has 0 saturated carbocycles. The van der Waals surface area contributed by atoms with E-state index >= 15 is 0 Å². The van der Waals surface area contributed by atoms with E-state index in [0.29, 0.717) is 0 Å². The van der Waals surface area contributed by atoms with Gasteiger partial charge in [0.25, 0.3) is 5.91 Å². The third kappa shape index (κ3) is 3.88. The van der Waals surface area contributed by atoms with Crippen molar-refractivity contribution in [2.75, 3.05) is 7.11 Å². The van der Waals surface area contributed by atoms with Crippen molar-refractivity contribution in [2.24, 2.45) is 0 Å². The number of carbonyl (C=O) groups excluding carboxylic acids is 2. The molecule has 0 heterocycles. The number of nitrogens with one attached hydrogen (secondary N) is 1. The molecule has 26 heavy (non-hydrogen) atoms. The number of rotatable bonds is 5. The van der Waals surface area contributed by atoms with Crippen LogP contribution in [-0.2, 0) is 16.0 Å². The molecule has 1 N–H and O–H groups in total. The maximum Gasteiger partial charge on any atom is 0.328 e. The topological polar surface area (TPSA) is 55.4 Å². The van der Waals surface area contributed by atoms with Crippen LogP contribution in [0.1, 0.15) is 15.9 Å². The molecule has 3 aromatic carbocycles. The minimum absolute atomic E-state index is 0.111. The first kappa shape index (κ1) is 17.6. The number of halogens is 1. The summed E-state index contributed by atoms with van der Waals surface area (Å²) in [5, 5.41) is 4.69. The van der Waals surface area contributed by atoms with E-state index in [-0.39, 0.29) is 12.0 Å². The lowest BCUT2D eigenvalue weighted by Crippen LogP contribution is -2.43. The van der Waals surface area contributed by atoms with Crippen molar-refractivity contribution < 1.29 is 18.7 Å². The van der Waals surface area contributed by atoms with Gasteiger partial charge in [-0.25, -0.2) is 9.18 Å². The van der Waals surface area contributed by atoms with Crippen LogP contribution in [0.3, 0.4) is 0 Å². The monoisotopic (exact) mass is 351 g/mol. The van der Waals surface area contributed by atoms with Crippen LogP contribution in [-0.4, -0.2) is 25.0 Å². The zero-order valence-corrected chi connectivity index (χ0v) is 14.2. The predicted octanol–water partition coefficient (Wildman–Crippen LogP) is 3.49. The highest BCUT2D eigenvalue weighted by atomic mass is 19.1. The van der Waals surface area contributed by atoms with Gasteiger partial charge in [0, 0.05) is 6.42 Å². The van der Waals surface area contributed by atoms with Crippen molar-refractivity contribution in [1.82, 2.24) is 5.32 Å². The molecule has 0 aliphatic carbocycles. The number of benzene rings is 3. The van der Waals surface area contributed by atoms with Gasteiger partial charge in [0.1, 0.15) is 11.9 Å². The van der Waals surface area contributed by atoms with Gasteiger partial charge in [-0.2, -0.15) is 0 Å². The molecule has 0 spiro atoms. The summed E-state index contributed by atoms with van der Waals surface area (Å²) in [7, 11) is 1.25. The summed E-state index contributed by atoms with van der Waals surface area (Å²) >= 11 is 0. The number of ether oxygens (including phenoxy) is 1. The highest BCUT2D eigenvalue weighted by molar-refractivity contribution is 5.97. The summed E-state index contributed by atoms with van der Waals surface area (Å²) in [5.74, 6) is -1.87. The Morgan fingerprint density at radius 2 is 1.69 bits per heavy atom. The third-order valence-electron chi connectivity index (χ3n) is 4.16. The molecule has 0 radical (unpaired) electrons. The quantitative estimate of drug-likeness (QED) is 0.716. The lowest BCUT2D eigenvalue weighted by molar-refractivity contribution is -0.142. The first-order valence-corrected chi connectivity index (χ1v) is 8.19. The molecule has 1 amide bonds. The zero-order chi connectivity index (χ0) is 18.5. The molecule has 0 aliphatic heterocycles. The van der Waals surface area contributed by atoms with E-state index in [4.69, 9.17) is 4.74 Å². The van der Waals surface area contributed by atoms with Gasteiger partial charge >= 0.3 is 5.97 Å². The SMILES string of the molecule is COC(=O)[C@H](Cc1ccc2ccccc2c1)NC(=O)c1ccccc1F. The Balaban J connectivity index is 1.82. The van der Waals surface area contributed by atoms with Gasteiger partial charge in [-0.15, -0.1) is 0 Å². The Labute approximate surface area is 150 Å². The van der Waals surface area contributed by atoms with Gasteiger partial charge in [0.05, 0.1) is 12.7 Å². The number of methoxy groups -OCH3 is 1. The standard InChI is InChI=1S/C21H18FNO3/c1-26-21(25)19(23-20(24)17-8-4-5-9-18(17)22)13-14-10-11-15-6-2-3-7-16(15)12-14/h2-12,19H,13H2,1H3,(H,23,24)/t19-/m0/s1. The minimum atomic E-state index is -0.909. The first-order valence-electron chi connectivity index (χ1n) is 8.19. The van der Waals surface area contributed by atoms with E-state index in [2.05, 4.69) is 5.32 Å². The first-order chi connectivity index (χ1) is 12.6. The number of fused-ring (bicyclic) bond motifs is 1. The highest BCUT2D eigenvalue weighted by Gasteiger charge is 2.23. The second kappa shape index (κ2) is 7.78. The van der Waals surface area contributed by atoms with Gasteiger partial charge in [-0.1, -0.05) is 54.6 Å². The Hall–Kier alpha value is -3.21. The molecular weight excluding hydrogens is 333 g/mol. The van der Waals surface area contributed by atoms with E-state index < -0.39 is 23.7 Å². The lowest BCUT2D eigenvalue weighted by Gasteiger charge is -2.17. The normalized spacial score (nSPS) is 11.8. The molecular formula is C21H18FNO3. The number of hydrogen-bond donors (Lipinski definition) is 1. The van der Waals surface area contributed by atoms with E-state index in [1.807, 2.05) is 42.5 Å². The summed E-state index contributed by atoms with van der Waals surface area (Å²) < 4.78 is 18.6. The van der Waals surface area contributed by atoms with Crippen molar-refractivity contribution in [3.8, 4) is 0 Å². The average molecular weight is 351 g/mol. The molecule has 5 heteroatoms. The van der Waals surface area contributed by atoms with Crippen LogP contribution in [0.25, 0.3) is 10.8 Å². The highest BCUT2D eigenvalue weighted by Crippen LogP contribution is 2.17. The number of amides is 1. The zero-order valence-electron chi connectivity index (χ0n) is 14.2. The second-order valence-corrected chi connectivity index (χ2v) is 5.91. The van der Waals surface area contributed by atoms with Gasteiger partial charge in [0.2, 0.25) is 0 Å². The number of hydrogen-bond acceptors (Lipinski definition) is 3. The molecule has 0 aromatic heterocycles. The van der Waals surface area contributed by atoms with E-state index in [1.165, 1.54) is 25.3 Å². The number of carbonyl (C=O) groups is 2. The lowest BCUT2D eigenvalue weighted by atomic mass is 10.0. The summed E-state index contributed by atoms with van der Waals surface area (Å²) in [6.07, 6.45) is 0.248. The number of esters is 1. The average Bonchev–Trinajstić information content (AvgIpc) is 2.67. The van der Waals surface area contributed by atoms with E-state index in [9.17, 15) is 14.0 Å². The largest absolute Gasteiger partial charge is 0.467 e. The molecule has 1 atom stereocenters. The van der Waals surface area contributed by atoms with Crippen LogP contribution in [0.5, 0.6) is 0 Å². The van der Waals surface area contributed by atoms with Crippen molar-refractivity contribution in [3.63, 3.8) is 0 Å². The smallest absolute Gasteiger partial charge is 0.328 e. The second-order valence-electron chi connectivity index (χ2n) is 5.91. The molecule has 4 nitrogen and oxygen atoms in total. The van der Waals surface area contributed by atoms with Crippen LogP contribution in [0.15, 0.2) is 66.7 Å².